The van der Waals surface area contributed by atoms with Gasteiger partial charge in [-0.3, -0.25) is 0 Å². The topological polar surface area (TPSA) is 9.23 Å². The van der Waals surface area contributed by atoms with E-state index in [2.05, 4.69) is 65.0 Å². The molecule has 0 saturated heterocycles. The zero-order chi connectivity index (χ0) is 14.5. The van der Waals surface area contributed by atoms with E-state index in [1.54, 1.807) is 0 Å². The van der Waals surface area contributed by atoms with Gasteiger partial charge < -0.3 is 4.43 Å². The second-order valence-corrected chi connectivity index (χ2v) is 6.87. The molecule has 0 fully saturated rings. The fourth-order valence-corrected chi connectivity index (χ4v) is 4.25. The summed E-state index contributed by atoms with van der Waals surface area (Å²) in [5.41, 5.74) is 1.72. The van der Waals surface area contributed by atoms with Crippen LogP contribution >= 0.6 is 0 Å². The lowest BCUT2D eigenvalue weighted by Crippen LogP contribution is -2.44. The summed E-state index contributed by atoms with van der Waals surface area (Å²) >= 11 is 0. The van der Waals surface area contributed by atoms with Gasteiger partial charge in [-0.1, -0.05) is 65.0 Å². The van der Waals surface area contributed by atoms with E-state index in [-0.39, 0.29) is 5.41 Å². The van der Waals surface area contributed by atoms with Gasteiger partial charge in [0.15, 0.2) is 0 Å². The normalized spacial score (nSPS) is 14.3. The van der Waals surface area contributed by atoms with E-state index in [1.807, 2.05) is 0 Å². The molecule has 0 saturated carbocycles. The van der Waals surface area contributed by atoms with Crippen LogP contribution in [0.15, 0.2) is 30.3 Å². The van der Waals surface area contributed by atoms with Gasteiger partial charge in [0, 0.05) is 12.0 Å². The Morgan fingerprint density at radius 2 is 1.53 bits per heavy atom. The third-order valence-corrected chi connectivity index (χ3v) is 5.16. The molecule has 0 radical (unpaired) electrons. The second kappa shape index (κ2) is 7.25. The van der Waals surface area contributed by atoms with Crippen molar-refractivity contribution >= 4 is 10.5 Å². The van der Waals surface area contributed by atoms with Crippen molar-refractivity contribution in [3.63, 3.8) is 0 Å². The van der Waals surface area contributed by atoms with Gasteiger partial charge in [-0.15, -0.1) is 0 Å². The van der Waals surface area contributed by atoms with Crippen LogP contribution < -0.4 is 0 Å². The molecule has 0 aliphatic heterocycles. The van der Waals surface area contributed by atoms with Gasteiger partial charge >= 0.3 is 0 Å². The highest BCUT2D eigenvalue weighted by atomic mass is 28.2. The minimum Gasteiger partial charge on any atom is -0.428 e. The Balaban J connectivity index is 3.23. The molecular weight excluding hydrogens is 248 g/mol. The summed E-state index contributed by atoms with van der Waals surface area (Å²) in [7, 11) is 0.844. The summed E-state index contributed by atoms with van der Waals surface area (Å²) in [5.74, 6) is 1.88. The molecule has 2 heteroatoms. The summed E-state index contributed by atoms with van der Waals surface area (Å²) in [6, 6.07) is 11.1. The van der Waals surface area contributed by atoms with Crippen molar-refractivity contribution in [2.45, 2.75) is 46.5 Å². The Morgan fingerprint density at radius 1 is 1.00 bits per heavy atom. The van der Waals surface area contributed by atoms with E-state index in [0.717, 1.165) is 23.5 Å². The predicted molar refractivity (Wildman–Crippen MR) is 87.5 cm³/mol. The van der Waals surface area contributed by atoms with Gasteiger partial charge in [0.25, 0.3) is 0 Å². The van der Waals surface area contributed by atoms with E-state index in [0.29, 0.717) is 17.8 Å². The number of hydrogen-bond acceptors (Lipinski definition) is 1. The average molecular weight is 279 g/mol. The molecule has 1 unspecified atom stereocenters. The van der Waals surface area contributed by atoms with Gasteiger partial charge in [-0.05, 0) is 29.7 Å². The third kappa shape index (κ3) is 3.29. The molecule has 0 amide bonds. The molecule has 0 bridgehead atoms. The molecule has 0 aromatic heterocycles. The van der Waals surface area contributed by atoms with Crippen molar-refractivity contribution < 1.29 is 4.43 Å². The van der Waals surface area contributed by atoms with Crippen LogP contribution in [0.25, 0.3) is 0 Å². The Bertz CT molecular complexity index is 351. The average Bonchev–Trinajstić information content (AvgIpc) is 2.37. The fraction of sp³-hybridized carbons (Fsp3) is 0.647. The summed E-state index contributed by atoms with van der Waals surface area (Å²) < 4.78 is 5.44. The standard InChI is InChI=1S/C17H30OSi/c1-13(2)17(14(3)4,15(5)11-12-18-19)16-9-7-6-8-10-16/h6-10,13-15H,11-12H2,1-5,19H3. The van der Waals surface area contributed by atoms with Crippen molar-refractivity contribution in [2.24, 2.45) is 17.8 Å². The Hall–Kier alpha value is -0.603. The Labute approximate surface area is 122 Å². The predicted octanol–water partition coefficient (Wildman–Crippen LogP) is 3.56. The SMILES string of the molecule is CC(C)C(c1ccccc1)(C(C)C)C(C)CCO[SiH3]. The highest BCUT2D eigenvalue weighted by Gasteiger charge is 2.43. The van der Waals surface area contributed by atoms with Crippen LogP contribution in [-0.2, 0) is 9.84 Å². The van der Waals surface area contributed by atoms with E-state index in [1.165, 1.54) is 5.56 Å². The summed E-state index contributed by atoms with van der Waals surface area (Å²) in [4.78, 5) is 0. The molecule has 1 atom stereocenters. The maximum atomic E-state index is 5.44. The monoisotopic (exact) mass is 278 g/mol. The summed E-state index contributed by atoms with van der Waals surface area (Å²) in [6.07, 6.45) is 1.15. The first-order valence-corrected chi connectivity index (χ1v) is 8.34. The first kappa shape index (κ1) is 16.5. The van der Waals surface area contributed by atoms with Gasteiger partial charge in [-0.25, -0.2) is 0 Å². The minimum atomic E-state index is 0.237. The molecule has 108 valence electrons. The van der Waals surface area contributed by atoms with Crippen molar-refractivity contribution in [3.8, 4) is 0 Å². The van der Waals surface area contributed by atoms with Crippen molar-refractivity contribution in [2.75, 3.05) is 6.61 Å². The third-order valence-electron chi connectivity index (χ3n) is 4.75. The van der Waals surface area contributed by atoms with Crippen molar-refractivity contribution in [3.05, 3.63) is 35.9 Å². The Kier molecular flexibility index (Phi) is 6.28. The highest BCUT2D eigenvalue weighted by Crippen LogP contribution is 2.46. The molecule has 1 aromatic rings. The van der Waals surface area contributed by atoms with Crippen LogP contribution in [0.2, 0.25) is 0 Å². The van der Waals surface area contributed by atoms with Crippen LogP contribution in [0.3, 0.4) is 0 Å². The maximum Gasteiger partial charge on any atom is 0.145 e. The molecule has 0 aliphatic carbocycles. The van der Waals surface area contributed by atoms with E-state index >= 15 is 0 Å². The number of benzene rings is 1. The van der Waals surface area contributed by atoms with Crippen molar-refractivity contribution in [1.82, 2.24) is 0 Å². The first-order chi connectivity index (χ1) is 8.97. The lowest BCUT2D eigenvalue weighted by Gasteiger charge is -2.47. The van der Waals surface area contributed by atoms with Crippen LogP contribution in [0, 0.1) is 17.8 Å². The quantitative estimate of drug-likeness (QED) is 0.693. The molecule has 1 rings (SSSR count). The maximum absolute atomic E-state index is 5.44. The van der Waals surface area contributed by atoms with Crippen LogP contribution in [0.1, 0.15) is 46.6 Å². The zero-order valence-corrected chi connectivity index (χ0v) is 15.4. The van der Waals surface area contributed by atoms with Crippen LogP contribution in [-0.4, -0.2) is 17.1 Å². The fourth-order valence-electron chi connectivity index (χ4n) is 4.02. The summed E-state index contributed by atoms with van der Waals surface area (Å²) in [5, 5.41) is 0. The van der Waals surface area contributed by atoms with Gasteiger partial charge in [0.2, 0.25) is 0 Å². The largest absolute Gasteiger partial charge is 0.428 e. The van der Waals surface area contributed by atoms with Gasteiger partial charge in [0.05, 0.1) is 0 Å². The molecule has 1 nitrogen and oxygen atoms in total. The minimum absolute atomic E-state index is 0.237. The first-order valence-electron chi connectivity index (χ1n) is 7.52. The molecule has 0 heterocycles. The lowest BCUT2D eigenvalue weighted by molar-refractivity contribution is 0.117. The number of hydrogen-bond donors (Lipinski definition) is 0. The van der Waals surface area contributed by atoms with E-state index in [9.17, 15) is 0 Å². The zero-order valence-electron chi connectivity index (χ0n) is 13.4. The van der Waals surface area contributed by atoms with E-state index in [4.69, 9.17) is 4.43 Å². The van der Waals surface area contributed by atoms with Crippen molar-refractivity contribution in [1.29, 1.82) is 0 Å². The van der Waals surface area contributed by atoms with Gasteiger partial charge in [-0.2, -0.15) is 0 Å². The smallest absolute Gasteiger partial charge is 0.145 e. The molecular formula is C17H30OSi. The summed E-state index contributed by atoms with van der Waals surface area (Å²) in [6.45, 7) is 12.8. The molecule has 1 aromatic carbocycles. The molecule has 19 heavy (non-hydrogen) atoms. The second-order valence-electron chi connectivity index (χ2n) is 6.29. The molecule has 0 N–H and O–H groups in total. The Morgan fingerprint density at radius 3 is 1.95 bits per heavy atom. The van der Waals surface area contributed by atoms with Crippen LogP contribution in [0.5, 0.6) is 0 Å². The van der Waals surface area contributed by atoms with Crippen LogP contribution in [0.4, 0.5) is 0 Å². The molecule has 0 spiro atoms. The molecule has 0 aliphatic rings. The van der Waals surface area contributed by atoms with Gasteiger partial charge in [0.1, 0.15) is 10.5 Å². The number of rotatable bonds is 7. The highest BCUT2D eigenvalue weighted by molar-refractivity contribution is 5.97. The lowest BCUT2D eigenvalue weighted by atomic mass is 9.57. The van der Waals surface area contributed by atoms with E-state index < -0.39 is 0 Å².